The number of benzene rings is 1. The Kier molecular flexibility index (Phi) is 6.05. The minimum absolute atomic E-state index is 0.0236. The van der Waals surface area contributed by atoms with Gasteiger partial charge in [0.15, 0.2) is 6.61 Å². The Balaban J connectivity index is 1.80. The number of rotatable bonds is 6. The van der Waals surface area contributed by atoms with Crippen LogP contribution < -0.4 is 16.0 Å². The Morgan fingerprint density at radius 1 is 1.14 bits per heavy atom. The van der Waals surface area contributed by atoms with Gasteiger partial charge < -0.3 is 15.4 Å². The molecular formula is C19H19N3O5S. The molecule has 3 N–H and O–H groups in total. The lowest BCUT2D eigenvalue weighted by molar-refractivity contribution is -0.123. The number of carbonyl (C=O) groups excluding carboxylic acids is 4. The molecule has 0 bridgehead atoms. The summed E-state index contributed by atoms with van der Waals surface area (Å²) in [6, 6.07) is 8.50. The number of hydrogen-bond donors (Lipinski definition) is 3. The van der Waals surface area contributed by atoms with E-state index >= 15 is 0 Å². The maximum absolute atomic E-state index is 12.7. The lowest BCUT2D eigenvalue weighted by Gasteiger charge is -2.09. The van der Waals surface area contributed by atoms with Gasteiger partial charge in [0.2, 0.25) is 5.91 Å². The Labute approximate surface area is 165 Å². The van der Waals surface area contributed by atoms with Crippen molar-refractivity contribution in [3.8, 4) is 11.1 Å². The molecular weight excluding hydrogens is 382 g/mol. The van der Waals surface area contributed by atoms with Gasteiger partial charge in [0, 0.05) is 23.9 Å². The molecule has 0 atom stereocenters. The first kappa shape index (κ1) is 19.6. The van der Waals surface area contributed by atoms with Crippen LogP contribution in [0.15, 0.2) is 35.7 Å². The standard InChI is InChI=1S/C19H19N3O5S/c1-20-19(26)21-14(23)9-27-18(25)15-13(11-5-3-2-4-6-11)10-28-17(15)22-16(24)12-7-8-12/h2-6,10,12H,7-9H2,1H3,(H,22,24)(H2,20,21,23,26). The zero-order chi connectivity index (χ0) is 20.1. The molecule has 0 spiro atoms. The second-order valence-corrected chi connectivity index (χ2v) is 7.07. The molecule has 1 fully saturated rings. The van der Waals surface area contributed by atoms with Gasteiger partial charge in [0.05, 0.1) is 0 Å². The van der Waals surface area contributed by atoms with E-state index < -0.39 is 24.5 Å². The van der Waals surface area contributed by atoms with Crippen molar-refractivity contribution in [2.75, 3.05) is 19.0 Å². The van der Waals surface area contributed by atoms with E-state index in [1.54, 1.807) is 5.38 Å². The van der Waals surface area contributed by atoms with E-state index in [4.69, 9.17) is 4.74 Å². The first-order valence-corrected chi connectivity index (χ1v) is 9.54. The summed E-state index contributed by atoms with van der Waals surface area (Å²) in [6.45, 7) is -0.619. The summed E-state index contributed by atoms with van der Waals surface area (Å²) in [6.07, 6.45) is 1.67. The number of ether oxygens (including phenoxy) is 1. The summed E-state index contributed by atoms with van der Waals surface area (Å²) >= 11 is 1.22. The van der Waals surface area contributed by atoms with Crippen molar-refractivity contribution in [3.63, 3.8) is 0 Å². The number of nitrogens with one attached hydrogen (secondary N) is 3. The third-order valence-electron chi connectivity index (χ3n) is 4.08. The van der Waals surface area contributed by atoms with Crippen LogP contribution in [0.3, 0.4) is 0 Å². The SMILES string of the molecule is CNC(=O)NC(=O)COC(=O)c1c(-c2ccccc2)csc1NC(=O)C1CC1. The Morgan fingerprint density at radius 3 is 2.50 bits per heavy atom. The van der Waals surface area contributed by atoms with Gasteiger partial charge in [0.1, 0.15) is 10.6 Å². The third kappa shape index (κ3) is 4.74. The molecule has 8 nitrogen and oxygen atoms in total. The van der Waals surface area contributed by atoms with Crippen LogP contribution >= 0.6 is 11.3 Å². The average molecular weight is 401 g/mol. The van der Waals surface area contributed by atoms with E-state index in [0.29, 0.717) is 10.6 Å². The Hall–Kier alpha value is -3.20. The van der Waals surface area contributed by atoms with Gasteiger partial charge in [-0.25, -0.2) is 9.59 Å². The first-order valence-electron chi connectivity index (χ1n) is 8.66. The van der Waals surface area contributed by atoms with Gasteiger partial charge in [-0.3, -0.25) is 14.9 Å². The fourth-order valence-electron chi connectivity index (χ4n) is 2.47. The molecule has 28 heavy (non-hydrogen) atoms. The van der Waals surface area contributed by atoms with E-state index in [1.807, 2.05) is 35.6 Å². The molecule has 1 aliphatic carbocycles. The highest BCUT2D eigenvalue weighted by molar-refractivity contribution is 7.15. The number of thiophene rings is 1. The van der Waals surface area contributed by atoms with Crippen LogP contribution in [0.2, 0.25) is 0 Å². The topological polar surface area (TPSA) is 114 Å². The summed E-state index contributed by atoms with van der Waals surface area (Å²) in [5, 5.41) is 9.18. The van der Waals surface area contributed by atoms with Gasteiger partial charge in [-0.15, -0.1) is 11.3 Å². The van der Waals surface area contributed by atoms with Crippen LogP contribution in [-0.2, 0) is 14.3 Å². The number of carbonyl (C=O) groups is 4. The Morgan fingerprint density at radius 2 is 1.86 bits per heavy atom. The predicted molar refractivity (Wildman–Crippen MR) is 104 cm³/mol. The number of urea groups is 1. The molecule has 0 radical (unpaired) electrons. The molecule has 1 heterocycles. The smallest absolute Gasteiger partial charge is 0.342 e. The van der Waals surface area contributed by atoms with E-state index in [-0.39, 0.29) is 17.4 Å². The van der Waals surface area contributed by atoms with Crippen LogP contribution in [0.5, 0.6) is 0 Å². The van der Waals surface area contributed by atoms with Crippen molar-refractivity contribution in [2.24, 2.45) is 5.92 Å². The average Bonchev–Trinajstić information content (AvgIpc) is 3.47. The summed E-state index contributed by atoms with van der Waals surface area (Å²) in [4.78, 5) is 47.7. The normalized spacial score (nSPS) is 12.8. The molecule has 1 saturated carbocycles. The summed E-state index contributed by atoms with van der Waals surface area (Å²) in [7, 11) is 1.36. The molecule has 0 unspecified atom stereocenters. The van der Waals surface area contributed by atoms with Crippen LogP contribution in [0.25, 0.3) is 11.1 Å². The van der Waals surface area contributed by atoms with Gasteiger partial charge >= 0.3 is 12.0 Å². The Bertz CT molecular complexity index is 906. The molecule has 0 saturated heterocycles. The molecule has 0 aliphatic heterocycles. The molecule has 3 rings (SSSR count). The maximum Gasteiger partial charge on any atom is 0.342 e. The highest BCUT2D eigenvalue weighted by atomic mass is 32.1. The number of imide groups is 1. The second kappa shape index (κ2) is 8.66. The molecule has 146 valence electrons. The fourth-order valence-corrected chi connectivity index (χ4v) is 3.43. The van der Waals surface area contributed by atoms with Gasteiger partial charge in [-0.1, -0.05) is 30.3 Å². The summed E-state index contributed by atoms with van der Waals surface area (Å²) in [5.74, 6) is -1.66. The lowest BCUT2D eigenvalue weighted by atomic mass is 10.0. The van der Waals surface area contributed by atoms with Crippen molar-refractivity contribution >= 4 is 40.2 Å². The van der Waals surface area contributed by atoms with Crippen molar-refractivity contribution in [1.29, 1.82) is 0 Å². The monoisotopic (exact) mass is 401 g/mol. The van der Waals surface area contributed by atoms with Gasteiger partial charge in [0.25, 0.3) is 5.91 Å². The van der Waals surface area contributed by atoms with Crippen molar-refractivity contribution in [1.82, 2.24) is 10.6 Å². The van der Waals surface area contributed by atoms with Crippen molar-refractivity contribution in [3.05, 3.63) is 41.3 Å². The predicted octanol–water partition coefficient (Wildman–Crippen LogP) is 2.38. The zero-order valence-electron chi connectivity index (χ0n) is 15.1. The van der Waals surface area contributed by atoms with Crippen LogP contribution in [0.4, 0.5) is 9.80 Å². The molecule has 1 aromatic carbocycles. The number of amides is 4. The zero-order valence-corrected chi connectivity index (χ0v) is 15.9. The minimum Gasteiger partial charge on any atom is -0.452 e. The number of hydrogen-bond acceptors (Lipinski definition) is 6. The third-order valence-corrected chi connectivity index (χ3v) is 4.97. The maximum atomic E-state index is 12.7. The quantitative estimate of drug-likeness (QED) is 0.643. The highest BCUT2D eigenvalue weighted by Gasteiger charge is 2.32. The van der Waals surface area contributed by atoms with Crippen LogP contribution in [0.1, 0.15) is 23.2 Å². The number of esters is 1. The second-order valence-electron chi connectivity index (χ2n) is 6.19. The van der Waals surface area contributed by atoms with Crippen LogP contribution in [0, 0.1) is 5.92 Å². The molecule has 1 aromatic heterocycles. The molecule has 9 heteroatoms. The van der Waals surface area contributed by atoms with Gasteiger partial charge in [-0.2, -0.15) is 0 Å². The van der Waals surface area contributed by atoms with E-state index in [0.717, 1.165) is 18.4 Å². The van der Waals surface area contributed by atoms with Crippen molar-refractivity contribution < 1.29 is 23.9 Å². The summed E-state index contributed by atoms with van der Waals surface area (Å²) in [5.41, 5.74) is 1.58. The molecule has 4 amide bonds. The van der Waals surface area contributed by atoms with E-state index in [1.165, 1.54) is 18.4 Å². The largest absolute Gasteiger partial charge is 0.452 e. The van der Waals surface area contributed by atoms with Crippen molar-refractivity contribution in [2.45, 2.75) is 12.8 Å². The molecule has 1 aliphatic rings. The highest BCUT2D eigenvalue weighted by Crippen LogP contribution is 2.38. The van der Waals surface area contributed by atoms with Gasteiger partial charge in [-0.05, 0) is 18.4 Å². The van der Waals surface area contributed by atoms with E-state index in [2.05, 4.69) is 10.6 Å². The number of anilines is 1. The molecule has 2 aromatic rings. The fraction of sp³-hybridized carbons (Fsp3) is 0.263. The van der Waals surface area contributed by atoms with Crippen LogP contribution in [-0.4, -0.2) is 37.5 Å². The first-order chi connectivity index (χ1) is 13.5. The summed E-state index contributed by atoms with van der Waals surface area (Å²) < 4.78 is 5.08. The minimum atomic E-state index is -0.757. The lowest BCUT2D eigenvalue weighted by Crippen LogP contribution is -2.39. The van der Waals surface area contributed by atoms with E-state index in [9.17, 15) is 19.2 Å².